The zero-order chi connectivity index (χ0) is 11.3. The fourth-order valence-corrected chi connectivity index (χ4v) is 2.09. The van der Waals surface area contributed by atoms with Crippen molar-refractivity contribution in [1.82, 2.24) is 4.57 Å². The summed E-state index contributed by atoms with van der Waals surface area (Å²) in [6.45, 7) is 0. The second-order valence-electron chi connectivity index (χ2n) is 4.10. The summed E-state index contributed by atoms with van der Waals surface area (Å²) in [7, 11) is 0. The number of benzene rings is 1. The van der Waals surface area contributed by atoms with E-state index in [-0.39, 0.29) is 10.5 Å². The molecule has 4 heteroatoms. The Morgan fingerprint density at radius 3 is 2.81 bits per heavy atom. The number of hydrogen-bond donors (Lipinski definition) is 0. The SMILES string of the molecule is O=c1ccn(C2CC2)c2cc(Cl)c(F)cc12. The van der Waals surface area contributed by atoms with E-state index in [1.54, 1.807) is 6.20 Å². The highest BCUT2D eigenvalue weighted by molar-refractivity contribution is 6.31. The number of aromatic nitrogens is 1. The number of hydrogen-bond acceptors (Lipinski definition) is 1. The Bertz CT molecular complexity index is 631. The fraction of sp³-hybridized carbons (Fsp3) is 0.250. The first kappa shape index (κ1) is 9.85. The minimum atomic E-state index is -0.542. The third-order valence-corrected chi connectivity index (χ3v) is 3.20. The van der Waals surface area contributed by atoms with Crippen molar-refractivity contribution in [2.24, 2.45) is 0 Å². The van der Waals surface area contributed by atoms with E-state index in [9.17, 15) is 9.18 Å². The van der Waals surface area contributed by atoms with E-state index in [0.717, 1.165) is 18.4 Å². The van der Waals surface area contributed by atoms with Crippen molar-refractivity contribution in [1.29, 1.82) is 0 Å². The molecule has 1 heterocycles. The second-order valence-corrected chi connectivity index (χ2v) is 4.51. The average Bonchev–Trinajstić information content (AvgIpc) is 3.05. The summed E-state index contributed by atoms with van der Waals surface area (Å²) in [5.41, 5.74) is 0.559. The van der Waals surface area contributed by atoms with Gasteiger partial charge >= 0.3 is 0 Å². The number of pyridine rings is 1. The normalized spacial score (nSPS) is 15.6. The summed E-state index contributed by atoms with van der Waals surface area (Å²) < 4.78 is 15.3. The van der Waals surface area contributed by atoms with Crippen LogP contribution in [0.3, 0.4) is 0 Å². The molecule has 1 aromatic carbocycles. The van der Waals surface area contributed by atoms with Crippen LogP contribution in [0.2, 0.25) is 5.02 Å². The van der Waals surface area contributed by atoms with Gasteiger partial charge in [-0.15, -0.1) is 0 Å². The molecule has 82 valence electrons. The molecule has 0 radical (unpaired) electrons. The van der Waals surface area contributed by atoms with Crippen molar-refractivity contribution >= 4 is 22.5 Å². The molecule has 0 atom stereocenters. The lowest BCUT2D eigenvalue weighted by molar-refractivity contribution is 0.629. The van der Waals surface area contributed by atoms with Crippen LogP contribution in [0.15, 0.2) is 29.2 Å². The van der Waals surface area contributed by atoms with E-state index < -0.39 is 5.82 Å². The van der Waals surface area contributed by atoms with Crippen LogP contribution in [0, 0.1) is 5.82 Å². The summed E-state index contributed by atoms with van der Waals surface area (Å²) >= 11 is 5.75. The summed E-state index contributed by atoms with van der Waals surface area (Å²) in [4.78, 5) is 11.6. The van der Waals surface area contributed by atoms with Gasteiger partial charge in [-0.25, -0.2) is 4.39 Å². The summed E-state index contributed by atoms with van der Waals surface area (Å²) in [5.74, 6) is -0.542. The van der Waals surface area contributed by atoms with Gasteiger partial charge in [0.2, 0.25) is 0 Å². The summed E-state index contributed by atoms with van der Waals surface area (Å²) in [6.07, 6.45) is 3.97. The highest BCUT2D eigenvalue weighted by Gasteiger charge is 2.24. The highest BCUT2D eigenvalue weighted by atomic mass is 35.5. The molecule has 1 aliphatic rings. The van der Waals surface area contributed by atoms with Gasteiger partial charge in [0.15, 0.2) is 5.43 Å². The molecule has 16 heavy (non-hydrogen) atoms. The molecular weight excluding hydrogens is 229 g/mol. The minimum Gasteiger partial charge on any atom is -0.344 e. The van der Waals surface area contributed by atoms with E-state index in [2.05, 4.69) is 0 Å². The van der Waals surface area contributed by atoms with E-state index >= 15 is 0 Å². The van der Waals surface area contributed by atoms with Gasteiger partial charge in [0.05, 0.1) is 10.5 Å². The van der Waals surface area contributed by atoms with Gasteiger partial charge in [-0.3, -0.25) is 4.79 Å². The predicted octanol–water partition coefficient (Wildman–Crippen LogP) is 3.13. The smallest absolute Gasteiger partial charge is 0.189 e. The Hall–Kier alpha value is -1.35. The average molecular weight is 238 g/mol. The molecule has 0 bridgehead atoms. The molecule has 3 rings (SSSR count). The maximum absolute atomic E-state index is 13.3. The van der Waals surface area contributed by atoms with Gasteiger partial charge in [-0.1, -0.05) is 11.6 Å². The third kappa shape index (κ3) is 1.43. The highest BCUT2D eigenvalue weighted by Crippen LogP contribution is 2.37. The number of rotatable bonds is 1. The first-order valence-corrected chi connectivity index (χ1v) is 5.54. The number of halogens is 2. The van der Waals surface area contributed by atoms with Crippen molar-refractivity contribution in [3.63, 3.8) is 0 Å². The first-order chi connectivity index (χ1) is 7.66. The van der Waals surface area contributed by atoms with Gasteiger partial charge in [-0.05, 0) is 25.0 Å². The van der Waals surface area contributed by atoms with E-state index in [4.69, 9.17) is 11.6 Å². The van der Waals surface area contributed by atoms with Crippen molar-refractivity contribution in [3.05, 3.63) is 45.5 Å². The molecule has 0 amide bonds. The van der Waals surface area contributed by atoms with Crippen LogP contribution in [-0.2, 0) is 0 Å². The van der Waals surface area contributed by atoms with Crippen molar-refractivity contribution in [2.45, 2.75) is 18.9 Å². The Morgan fingerprint density at radius 1 is 1.38 bits per heavy atom. The van der Waals surface area contributed by atoms with Gasteiger partial charge in [-0.2, -0.15) is 0 Å². The maximum Gasteiger partial charge on any atom is 0.189 e. The monoisotopic (exact) mass is 237 g/mol. The Kier molecular flexibility index (Phi) is 2.04. The first-order valence-electron chi connectivity index (χ1n) is 5.17. The molecule has 1 saturated carbocycles. The lowest BCUT2D eigenvalue weighted by Crippen LogP contribution is -2.07. The van der Waals surface area contributed by atoms with Crippen LogP contribution in [0.4, 0.5) is 4.39 Å². The van der Waals surface area contributed by atoms with Crippen LogP contribution in [0.1, 0.15) is 18.9 Å². The molecular formula is C12H9ClFNO. The van der Waals surface area contributed by atoms with Crippen molar-refractivity contribution < 1.29 is 4.39 Å². The van der Waals surface area contributed by atoms with Crippen LogP contribution >= 0.6 is 11.6 Å². The quantitative estimate of drug-likeness (QED) is 0.747. The van der Waals surface area contributed by atoms with Crippen LogP contribution < -0.4 is 5.43 Å². The molecule has 0 aliphatic heterocycles. The van der Waals surface area contributed by atoms with Crippen LogP contribution in [-0.4, -0.2) is 4.57 Å². The van der Waals surface area contributed by atoms with E-state index in [0.29, 0.717) is 11.4 Å². The lowest BCUT2D eigenvalue weighted by atomic mass is 10.2. The van der Waals surface area contributed by atoms with Gasteiger partial charge < -0.3 is 4.57 Å². The molecule has 0 saturated heterocycles. The second kappa shape index (κ2) is 3.32. The molecule has 0 N–H and O–H groups in total. The van der Waals surface area contributed by atoms with E-state index in [1.165, 1.54) is 18.2 Å². The molecule has 1 aromatic heterocycles. The molecule has 1 fully saturated rings. The molecule has 0 unspecified atom stereocenters. The summed E-state index contributed by atoms with van der Waals surface area (Å²) in [6, 6.07) is 4.67. The zero-order valence-electron chi connectivity index (χ0n) is 8.41. The Morgan fingerprint density at radius 2 is 2.12 bits per heavy atom. The van der Waals surface area contributed by atoms with Gasteiger partial charge in [0.1, 0.15) is 5.82 Å². The van der Waals surface area contributed by atoms with E-state index in [1.807, 2.05) is 4.57 Å². The summed E-state index contributed by atoms with van der Waals surface area (Å²) in [5, 5.41) is 0.462. The van der Waals surface area contributed by atoms with Gasteiger partial charge in [0.25, 0.3) is 0 Å². The lowest BCUT2D eigenvalue weighted by Gasteiger charge is -2.09. The number of fused-ring (bicyclic) bond motifs is 1. The van der Waals surface area contributed by atoms with Crippen LogP contribution in [0.25, 0.3) is 10.9 Å². The topological polar surface area (TPSA) is 22.0 Å². The third-order valence-electron chi connectivity index (χ3n) is 2.91. The number of nitrogens with zero attached hydrogens (tertiary/aromatic N) is 1. The fourth-order valence-electron chi connectivity index (χ4n) is 1.94. The zero-order valence-corrected chi connectivity index (χ0v) is 9.17. The standard InChI is InChI=1S/C12H9ClFNO/c13-9-6-11-8(5-10(9)14)12(16)3-4-15(11)7-1-2-7/h3-7H,1-2H2. The molecule has 2 nitrogen and oxygen atoms in total. The largest absolute Gasteiger partial charge is 0.344 e. The van der Waals surface area contributed by atoms with Gasteiger partial charge in [0, 0.05) is 23.7 Å². The maximum atomic E-state index is 13.3. The predicted molar refractivity (Wildman–Crippen MR) is 61.4 cm³/mol. The van der Waals surface area contributed by atoms with Crippen molar-refractivity contribution in [2.75, 3.05) is 0 Å². The molecule has 0 spiro atoms. The Labute approximate surface area is 96.3 Å². The molecule has 2 aromatic rings. The van der Waals surface area contributed by atoms with Crippen molar-refractivity contribution in [3.8, 4) is 0 Å². The molecule has 1 aliphatic carbocycles. The Balaban J connectivity index is 2.42. The minimum absolute atomic E-state index is 0.0625. The van der Waals surface area contributed by atoms with Crippen LogP contribution in [0.5, 0.6) is 0 Å².